The van der Waals surface area contributed by atoms with Crippen LogP contribution in [0.2, 0.25) is 0 Å². The van der Waals surface area contributed by atoms with E-state index in [1.807, 2.05) is 61.5 Å². The van der Waals surface area contributed by atoms with Crippen molar-refractivity contribution in [3.05, 3.63) is 113 Å². The zero-order valence-electron chi connectivity index (χ0n) is 21.0. The highest BCUT2D eigenvalue weighted by atomic mass is 19.1. The van der Waals surface area contributed by atoms with E-state index in [4.69, 9.17) is 5.11 Å². The Morgan fingerprint density at radius 2 is 1.68 bits per heavy atom. The Morgan fingerprint density at radius 3 is 2.47 bits per heavy atom. The average Bonchev–Trinajstić information content (AvgIpc) is 2.91. The first kappa shape index (κ1) is 26.5. The van der Waals surface area contributed by atoms with E-state index in [2.05, 4.69) is 10.6 Å². The number of aliphatic carboxylic acids is 1. The SMILES string of the molecule is CC(C(=O)Nc1cc(CNC(=O)c2cccc(F)c2)ccc1CCCC(=O)O)c1cccc2ccccc12. The van der Waals surface area contributed by atoms with Gasteiger partial charge in [-0.1, -0.05) is 60.7 Å². The molecule has 1 unspecified atom stereocenters. The fraction of sp³-hybridized carbons (Fsp3) is 0.194. The van der Waals surface area contributed by atoms with Gasteiger partial charge in [-0.15, -0.1) is 0 Å². The second kappa shape index (κ2) is 12.1. The van der Waals surface area contributed by atoms with Gasteiger partial charge >= 0.3 is 5.97 Å². The van der Waals surface area contributed by atoms with E-state index in [0.717, 1.165) is 27.5 Å². The molecule has 7 heteroatoms. The van der Waals surface area contributed by atoms with Gasteiger partial charge in [0, 0.05) is 24.2 Å². The van der Waals surface area contributed by atoms with Crippen molar-refractivity contribution in [2.75, 3.05) is 5.32 Å². The minimum Gasteiger partial charge on any atom is -0.481 e. The first-order chi connectivity index (χ1) is 18.3. The largest absolute Gasteiger partial charge is 0.481 e. The van der Waals surface area contributed by atoms with Gasteiger partial charge < -0.3 is 15.7 Å². The average molecular weight is 513 g/mol. The van der Waals surface area contributed by atoms with Crippen molar-refractivity contribution in [2.24, 2.45) is 0 Å². The lowest BCUT2D eigenvalue weighted by Crippen LogP contribution is -2.23. The first-order valence-corrected chi connectivity index (χ1v) is 12.5. The quantitative estimate of drug-likeness (QED) is 0.241. The number of carbonyl (C=O) groups excluding carboxylic acids is 2. The molecule has 0 aliphatic carbocycles. The Morgan fingerprint density at radius 1 is 0.921 bits per heavy atom. The Hall–Kier alpha value is -4.52. The molecule has 0 radical (unpaired) electrons. The lowest BCUT2D eigenvalue weighted by Gasteiger charge is -2.18. The lowest BCUT2D eigenvalue weighted by atomic mass is 9.94. The van der Waals surface area contributed by atoms with Crippen LogP contribution in [0, 0.1) is 5.82 Å². The van der Waals surface area contributed by atoms with Crippen LogP contribution in [-0.4, -0.2) is 22.9 Å². The maximum Gasteiger partial charge on any atom is 0.303 e. The summed E-state index contributed by atoms with van der Waals surface area (Å²) in [5.74, 6) is -2.41. The number of nitrogens with one attached hydrogen (secondary N) is 2. The number of carbonyl (C=O) groups is 3. The molecule has 4 aromatic carbocycles. The molecule has 6 nitrogen and oxygen atoms in total. The summed E-state index contributed by atoms with van der Waals surface area (Å²) in [6, 6.07) is 24.7. The molecule has 0 bridgehead atoms. The van der Waals surface area contributed by atoms with E-state index in [9.17, 15) is 18.8 Å². The third kappa shape index (κ3) is 6.62. The van der Waals surface area contributed by atoms with Crippen LogP contribution in [0.4, 0.5) is 10.1 Å². The zero-order valence-corrected chi connectivity index (χ0v) is 21.0. The van der Waals surface area contributed by atoms with Crippen LogP contribution in [-0.2, 0) is 22.6 Å². The molecular weight excluding hydrogens is 483 g/mol. The molecular formula is C31H29FN2O4. The van der Waals surface area contributed by atoms with Gasteiger partial charge in [0.2, 0.25) is 5.91 Å². The van der Waals surface area contributed by atoms with Crippen LogP contribution in [0.3, 0.4) is 0 Å². The number of rotatable bonds is 10. The molecule has 4 rings (SSSR count). The van der Waals surface area contributed by atoms with Crippen LogP contribution >= 0.6 is 0 Å². The third-order valence-electron chi connectivity index (χ3n) is 6.49. The standard InChI is InChI=1S/C31H29FN2O4/c1-20(26-13-5-8-22-7-2-3-12-27(22)26)30(37)34-28-17-21(15-16-23(28)9-6-14-29(35)36)19-33-31(38)24-10-4-11-25(32)18-24/h2-5,7-8,10-13,15-18,20H,6,9,14,19H2,1H3,(H,33,38)(H,34,37)(H,35,36). The van der Waals surface area contributed by atoms with Gasteiger partial charge in [-0.25, -0.2) is 4.39 Å². The summed E-state index contributed by atoms with van der Waals surface area (Å²) in [5, 5.41) is 16.9. The Labute approximate surface area is 220 Å². The van der Waals surface area contributed by atoms with Gasteiger partial charge in [0.15, 0.2) is 0 Å². The fourth-order valence-corrected chi connectivity index (χ4v) is 4.42. The summed E-state index contributed by atoms with van der Waals surface area (Å²) in [6.07, 6.45) is 0.915. The molecule has 0 aliphatic heterocycles. The summed E-state index contributed by atoms with van der Waals surface area (Å²) in [7, 11) is 0. The van der Waals surface area contributed by atoms with Gasteiger partial charge in [-0.3, -0.25) is 14.4 Å². The number of anilines is 1. The van der Waals surface area contributed by atoms with Gasteiger partial charge in [-0.2, -0.15) is 0 Å². The van der Waals surface area contributed by atoms with E-state index in [-0.39, 0.29) is 24.4 Å². The number of benzene rings is 4. The number of carboxylic acids is 1. The van der Waals surface area contributed by atoms with Gasteiger partial charge in [-0.05, 0) is 71.5 Å². The first-order valence-electron chi connectivity index (χ1n) is 12.5. The smallest absolute Gasteiger partial charge is 0.303 e. The highest BCUT2D eigenvalue weighted by Gasteiger charge is 2.19. The van der Waals surface area contributed by atoms with Gasteiger partial charge in [0.25, 0.3) is 5.91 Å². The Kier molecular flexibility index (Phi) is 8.48. The van der Waals surface area contributed by atoms with Crippen molar-refractivity contribution in [3.63, 3.8) is 0 Å². The van der Waals surface area contributed by atoms with Crippen LogP contribution in [0.15, 0.2) is 84.9 Å². The van der Waals surface area contributed by atoms with E-state index in [1.54, 1.807) is 6.07 Å². The summed E-state index contributed by atoms with van der Waals surface area (Å²) >= 11 is 0. The van der Waals surface area contributed by atoms with E-state index in [1.165, 1.54) is 24.3 Å². The molecule has 2 amide bonds. The summed E-state index contributed by atoms with van der Waals surface area (Å²) < 4.78 is 13.5. The van der Waals surface area contributed by atoms with Crippen molar-refractivity contribution in [2.45, 2.75) is 38.6 Å². The van der Waals surface area contributed by atoms with Crippen LogP contribution in [0.5, 0.6) is 0 Å². The van der Waals surface area contributed by atoms with Crippen molar-refractivity contribution in [3.8, 4) is 0 Å². The molecule has 194 valence electrons. The van der Waals surface area contributed by atoms with E-state index < -0.39 is 23.6 Å². The van der Waals surface area contributed by atoms with Crippen LogP contribution in [0.1, 0.15) is 52.7 Å². The summed E-state index contributed by atoms with van der Waals surface area (Å²) in [5.41, 5.74) is 3.25. The summed E-state index contributed by atoms with van der Waals surface area (Å²) in [6.45, 7) is 2.02. The number of hydrogen-bond donors (Lipinski definition) is 3. The van der Waals surface area contributed by atoms with Crippen LogP contribution in [0.25, 0.3) is 10.8 Å². The molecule has 1 atom stereocenters. The highest BCUT2D eigenvalue weighted by Crippen LogP contribution is 2.28. The number of carboxylic acid groups (broad SMARTS) is 1. The molecule has 0 aliphatic rings. The summed E-state index contributed by atoms with van der Waals surface area (Å²) in [4.78, 5) is 36.8. The van der Waals surface area contributed by atoms with Crippen molar-refractivity contribution in [1.29, 1.82) is 0 Å². The molecule has 0 saturated carbocycles. The van der Waals surface area contributed by atoms with E-state index in [0.29, 0.717) is 18.5 Å². The highest BCUT2D eigenvalue weighted by molar-refractivity contribution is 6.00. The normalized spacial score (nSPS) is 11.6. The predicted molar refractivity (Wildman–Crippen MR) is 146 cm³/mol. The van der Waals surface area contributed by atoms with Crippen molar-refractivity contribution < 1.29 is 23.9 Å². The monoisotopic (exact) mass is 512 g/mol. The number of amides is 2. The number of hydrogen-bond acceptors (Lipinski definition) is 3. The van der Waals surface area contributed by atoms with Gasteiger partial charge in [0.05, 0.1) is 5.92 Å². The fourth-order valence-electron chi connectivity index (χ4n) is 4.42. The Bertz CT molecular complexity index is 1480. The Balaban J connectivity index is 1.54. The lowest BCUT2D eigenvalue weighted by molar-refractivity contribution is -0.137. The molecule has 0 aromatic heterocycles. The second-order valence-electron chi connectivity index (χ2n) is 9.21. The number of halogens is 1. The topological polar surface area (TPSA) is 95.5 Å². The van der Waals surface area contributed by atoms with Crippen LogP contribution < -0.4 is 10.6 Å². The predicted octanol–water partition coefficient (Wildman–Crippen LogP) is 6.06. The zero-order chi connectivity index (χ0) is 27.1. The molecule has 4 aromatic rings. The molecule has 3 N–H and O–H groups in total. The third-order valence-corrected chi connectivity index (χ3v) is 6.49. The second-order valence-corrected chi connectivity index (χ2v) is 9.21. The maximum atomic E-state index is 13.5. The molecule has 0 fully saturated rings. The molecule has 0 heterocycles. The molecule has 38 heavy (non-hydrogen) atoms. The minimum atomic E-state index is -0.878. The minimum absolute atomic E-state index is 0.0191. The van der Waals surface area contributed by atoms with Crippen molar-refractivity contribution in [1.82, 2.24) is 5.32 Å². The molecule has 0 saturated heterocycles. The molecule has 0 spiro atoms. The van der Waals surface area contributed by atoms with Crippen molar-refractivity contribution >= 4 is 34.2 Å². The number of aryl methyl sites for hydroxylation is 1. The number of fused-ring (bicyclic) bond motifs is 1. The maximum absolute atomic E-state index is 13.5. The van der Waals surface area contributed by atoms with E-state index >= 15 is 0 Å². The van der Waals surface area contributed by atoms with Gasteiger partial charge in [0.1, 0.15) is 5.82 Å².